The van der Waals surface area contributed by atoms with Gasteiger partial charge in [0, 0.05) is 0 Å². The smallest absolute Gasteiger partial charge is 0.128 e. The van der Waals surface area contributed by atoms with Crippen LogP contribution in [0.5, 0.6) is 0 Å². The summed E-state index contributed by atoms with van der Waals surface area (Å²) in [5, 5.41) is 0. The lowest BCUT2D eigenvalue weighted by atomic mass is 10.0. The fourth-order valence-corrected chi connectivity index (χ4v) is 2.37. The Morgan fingerprint density at radius 1 is 1.00 bits per heavy atom. The van der Waals surface area contributed by atoms with E-state index in [1.54, 1.807) is 0 Å². The van der Waals surface area contributed by atoms with Crippen LogP contribution < -0.4 is 5.73 Å². The summed E-state index contributed by atoms with van der Waals surface area (Å²) in [6, 6.07) is 16.2. The van der Waals surface area contributed by atoms with Crippen LogP contribution in [0.15, 0.2) is 54.7 Å². The number of nitrogens with two attached hydrogens (primary N) is 1. The lowest BCUT2D eigenvalue weighted by molar-refractivity contribution is 0.801. The predicted molar refractivity (Wildman–Crippen MR) is 86.0 cm³/mol. The van der Waals surface area contributed by atoms with E-state index in [0.29, 0.717) is 0 Å². The Labute approximate surface area is 124 Å². The minimum absolute atomic E-state index is 0.230. The van der Waals surface area contributed by atoms with Gasteiger partial charge in [0.15, 0.2) is 0 Å². The molecule has 0 saturated carbocycles. The molecule has 3 nitrogen and oxygen atoms in total. The molecular formula is C18H19N3. The first-order valence-corrected chi connectivity index (χ1v) is 7.08. The third-order valence-electron chi connectivity index (χ3n) is 3.87. The molecule has 3 N–H and O–H groups in total. The van der Waals surface area contributed by atoms with Gasteiger partial charge in [-0.2, -0.15) is 0 Å². The highest BCUT2D eigenvalue weighted by atomic mass is 15.0. The van der Waals surface area contributed by atoms with E-state index in [9.17, 15) is 0 Å². The van der Waals surface area contributed by atoms with E-state index in [1.165, 1.54) is 11.1 Å². The molecule has 1 atom stereocenters. The van der Waals surface area contributed by atoms with Crippen LogP contribution in [0.4, 0.5) is 0 Å². The summed E-state index contributed by atoms with van der Waals surface area (Å²) in [6.07, 6.45) is 1.85. The minimum atomic E-state index is -0.230. The third kappa shape index (κ3) is 2.73. The molecule has 0 bridgehead atoms. The van der Waals surface area contributed by atoms with Gasteiger partial charge < -0.3 is 10.7 Å². The van der Waals surface area contributed by atoms with Crippen LogP contribution in [0.25, 0.3) is 11.3 Å². The number of nitrogens with one attached hydrogen (secondary N) is 1. The Morgan fingerprint density at radius 2 is 1.76 bits per heavy atom. The zero-order chi connectivity index (χ0) is 14.8. The van der Waals surface area contributed by atoms with E-state index >= 15 is 0 Å². The van der Waals surface area contributed by atoms with Gasteiger partial charge in [-0.3, -0.25) is 0 Å². The number of H-pyrrole nitrogens is 1. The highest BCUT2D eigenvalue weighted by molar-refractivity contribution is 5.60. The molecule has 3 aromatic rings. The molecule has 1 unspecified atom stereocenters. The van der Waals surface area contributed by atoms with Crippen molar-refractivity contribution in [1.82, 2.24) is 9.97 Å². The second kappa shape index (κ2) is 5.54. The highest BCUT2D eigenvalue weighted by Crippen LogP contribution is 2.23. The lowest BCUT2D eigenvalue weighted by Crippen LogP contribution is -2.13. The number of nitrogens with zero attached hydrogens (tertiary/aromatic N) is 1. The van der Waals surface area contributed by atoms with Gasteiger partial charge in [0.25, 0.3) is 0 Å². The predicted octanol–water partition coefficient (Wildman–Crippen LogP) is 3.74. The Morgan fingerprint density at radius 3 is 2.48 bits per heavy atom. The number of benzene rings is 2. The molecule has 1 aromatic heterocycles. The van der Waals surface area contributed by atoms with Gasteiger partial charge >= 0.3 is 0 Å². The number of hydrogen-bond donors (Lipinski definition) is 2. The van der Waals surface area contributed by atoms with E-state index < -0.39 is 0 Å². The van der Waals surface area contributed by atoms with Gasteiger partial charge in [-0.15, -0.1) is 0 Å². The molecule has 3 heteroatoms. The van der Waals surface area contributed by atoms with Crippen LogP contribution in [0.3, 0.4) is 0 Å². The molecule has 0 aliphatic carbocycles. The summed E-state index contributed by atoms with van der Waals surface area (Å²) in [4.78, 5) is 7.78. The lowest BCUT2D eigenvalue weighted by Gasteiger charge is -2.08. The summed E-state index contributed by atoms with van der Waals surface area (Å²) in [7, 11) is 0. The van der Waals surface area contributed by atoms with Crippen LogP contribution in [0, 0.1) is 13.8 Å². The number of rotatable bonds is 3. The van der Waals surface area contributed by atoms with Crippen LogP contribution in [-0.4, -0.2) is 9.97 Å². The van der Waals surface area contributed by atoms with E-state index in [2.05, 4.69) is 42.0 Å². The van der Waals surface area contributed by atoms with Crippen LogP contribution in [-0.2, 0) is 0 Å². The van der Waals surface area contributed by atoms with E-state index in [4.69, 9.17) is 5.73 Å². The molecule has 0 aliphatic heterocycles. The van der Waals surface area contributed by atoms with Gasteiger partial charge in [-0.05, 0) is 42.2 Å². The molecular weight excluding hydrogens is 258 g/mol. The molecule has 106 valence electrons. The quantitative estimate of drug-likeness (QED) is 0.766. The van der Waals surface area contributed by atoms with E-state index in [1.807, 2.05) is 36.5 Å². The first-order chi connectivity index (χ1) is 10.1. The van der Waals surface area contributed by atoms with Gasteiger partial charge in [-0.1, -0.05) is 42.5 Å². The Balaban J connectivity index is 1.91. The highest BCUT2D eigenvalue weighted by Gasteiger charge is 2.13. The van der Waals surface area contributed by atoms with Crippen LogP contribution in [0.2, 0.25) is 0 Å². The molecule has 21 heavy (non-hydrogen) atoms. The van der Waals surface area contributed by atoms with Crippen LogP contribution in [0.1, 0.15) is 28.6 Å². The van der Waals surface area contributed by atoms with E-state index in [-0.39, 0.29) is 6.04 Å². The summed E-state index contributed by atoms with van der Waals surface area (Å²) >= 11 is 0. The largest absolute Gasteiger partial charge is 0.340 e. The normalized spacial score (nSPS) is 12.3. The molecule has 0 spiro atoms. The fourth-order valence-electron chi connectivity index (χ4n) is 2.37. The molecule has 2 aromatic carbocycles. The minimum Gasteiger partial charge on any atom is -0.340 e. The van der Waals surface area contributed by atoms with Crippen molar-refractivity contribution >= 4 is 0 Å². The van der Waals surface area contributed by atoms with Crippen molar-refractivity contribution < 1.29 is 0 Å². The molecule has 0 saturated heterocycles. The maximum atomic E-state index is 6.27. The molecule has 0 aliphatic rings. The van der Waals surface area contributed by atoms with E-state index in [0.717, 1.165) is 22.6 Å². The Bertz CT molecular complexity index is 744. The Hall–Kier alpha value is -2.39. The Kier molecular flexibility index (Phi) is 3.59. The van der Waals surface area contributed by atoms with Gasteiger partial charge in [0.05, 0.1) is 17.9 Å². The SMILES string of the molecule is Cc1ccc(-c2cnc(C(N)c3ccccc3)[nH]2)cc1C. The monoisotopic (exact) mass is 277 g/mol. The van der Waals surface area contributed by atoms with Crippen molar-refractivity contribution in [2.24, 2.45) is 5.73 Å². The number of imidazole rings is 1. The average Bonchev–Trinajstić information content (AvgIpc) is 3.00. The standard InChI is InChI=1S/C18H19N3/c1-12-8-9-15(10-13(12)2)16-11-20-18(21-16)17(19)14-6-4-3-5-7-14/h3-11,17H,19H2,1-2H3,(H,20,21). The van der Waals surface area contributed by atoms with Crippen molar-refractivity contribution in [3.8, 4) is 11.3 Å². The summed E-state index contributed by atoms with van der Waals surface area (Å²) in [6.45, 7) is 4.23. The fraction of sp³-hybridized carbons (Fsp3) is 0.167. The number of aromatic nitrogens is 2. The second-order valence-corrected chi connectivity index (χ2v) is 5.37. The topological polar surface area (TPSA) is 54.7 Å². The van der Waals surface area contributed by atoms with Crippen molar-refractivity contribution in [3.63, 3.8) is 0 Å². The maximum absolute atomic E-state index is 6.27. The zero-order valence-electron chi connectivity index (χ0n) is 12.3. The molecule has 0 amide bonds. The maximum Gasteiger partial charge on any atom is 0.128 e. The molecule has 0 radical (unpaired) electrons. The van der Waals surface area contributed by atoms with Crippen molar-refractivity contribution in [3.05, 3.63) is 77.2 Å². The van der Waals surface area contributed by atoms with Gasteiger partial charge in [0.1, 0.15) is 5.82 Å². The molecule has 0 fully saturated rings. The second-order valence-electron chi connectivity index (χ2n) is 5.37. The molecule has 1 heterocycles. The first kappa shape index (κ1) is 13.6. The van der Waals surface area contributed by atoms with Crippen molar-refractivity contribution in [2.75, 3.05) is 0 Å². The zero-order valence-corrected chi connectivity index (χ0v) is 12.3. The van der Waals surface area contributed by atoms with Gasteiger partial charge in [0.2, 0.25) is 0 Å². The summed E-state index contributed by atoms with van der Waals surface area (Å²) in [5.74, 6) is 0.787. The third-order valence-corrected chi connectivity index (χ3v) is 3.87. The molecule has 3 rings (SSSR count). The number of hydrogen-bond acceptors (Lipinski definition) is 2. The van der Waals surface area contributed by atoms with Crippen molar-refractivity contribution in [1.29, 1.82) is 0 Å². The first-order valence-electron chi connectivity index (χ1n) is 7.08. The van der Waals surface area contributed by atoms with Gasteiger partial charge in [-0.25, -0.2) is 4.98 Å². The average molecular weight is 277 g/mol. The summed E-state index contributed by atoms with van der Waals surface area (Å²) < 4.78 is 0. The van der Waals surface area contributed by atoms with Crippen molar-refractivity contribution in [2.45, 2.75) is 19.9 Å². The summed E-state index contributed by atoms with van der Waals surface area (Å²) in [5.41, 5.74) is 12.0. The number of aryl methyl sites for hydroxylation is 2. The van der Waals surface area contributed by atoms with Crippen LogP contribution >= 0.6 is 0 Å². The number of aromatic amines is 1.